The Bertz CT molecular complexity index is 1290. The van der Waals surface area contributed by atoms with E-state index in [9.17, 15) is 13.2 Å². The average molecular weight is 508 g/mol. The van der Waals surface area contributed by atoms with Gasteiger partial charge in [-0.25, -0.2) is 13.2 Å². The van der Waals surface area contributed by atoms with Gasteiger partial charge in [0.05, 0.1) is 22.5 Å². The molecule has 2 heterocycles. The topological polar surface area (TPSA) is 97.2 Å². The number of aryl methyl sites for hydroxylation is 1. The minimum atomic E-state index is -3.53. The second-order valence-electron chi connectivity index (χ2n) is 8.02. The number of carbonyl (C=O) groups is 1. The molecule has 1 saturated heterocycles. The molecule has 1 aromatic heterocycles. The maximum atomic E-state index is 13.1. The van der Waals surface area contributed by atoms with E-state index < -0.39 is 9.84 Å². The highest BCUT2D eigenvalue weighted by Crippen LogP contribution is 2.33. The predicted octanol–water partition coefficient (Wildman–Crippen LogP) is 4.71. The molecule has 0 unspecified atom stereocenters. The molecule has 1 aliphatic heterocycles. The number of halogens is 2. The van der Waals surface area contributed by atoms with E-state index in [-0.39, 0.29) is 22.0 Å². The molecule has 33 heavy (non-hydrogen) atoms. The van der Waals surface area contributed by atoms with Gasteiger partial charge in [-0.1, -0.05) is 35.3 Å². The molecule has 0 radical (unpaired) electrons. The van der Waals surface area contributed by atoms with Gasteiger partial charge < -0.3 is 14.8 Å². The van der Waals surface area contributed by atoms with Gasteiger partial charge in [-0.2, -0.15) is 0 Å². The Morgan fingerprint density at radius 1 is 1.15 bits per heavy atom. The Balaban J connectivity index is 1.56. The summed E-state index contributed by atoms with van der Waals surface area (Å²) in [6.45, 7) is 2.99. The number of hydrogen-bond acceptors (Lipinski definition) is 5. The summed E-state index contributed by atoms with van der Waals surface area (Å²) in [5.41, 5.74) is 1.40. The summed E-state index contributed by atoms with van der Waals surface area (Å²) < 4.78 is 25.9. The van der Waals surface area contributed by atoms with Gasteiger partial charge in [-0.05, 0) is 55.7 Å². The van der Waals surface area contributed by atoms with Gasteiger partial charge in [0.15, 0.2) is 15.7 Å². The van der Waals surface area contributed by atoms with Crippen LogP contribution in [0.25, 0.3) is 0 Å². The summed E-state index contributed by atoms with van der Waals surface area (Å²) in [5, 5.41) is 12.2. The molecule has 1 atom stereocenters. The number of anilines is 1. The standard InChI is InChI=1S/C22H23Cl2N5O3S/c1-14-26-27-21(29(14)13-15-5-7-16(23)8-6-15)19-4-3-11-28(19)22(30)25-17-9-10-18(24)20(12-17)33(2,31)32/h5-10,12,19H,3-4,11,13H2,1-2H3,(H,25,30)/t19-/m1/s1. The van der Waals surface area contributed by atoms with Crippen molar-refractivity contribution in [2.75, 3.05) is 18.1 Å². The first-order valence-corrected chi connectivity index (χ1v) is 13.0. The summed E-state index contributed by atoms with van der Waals surface area (Å²) >= 11 is 12.0. The lowest BCUT2D eigenvalue weighted by molar-refractivity contribution is 0.204. The number of benzene rings is 2. The van der Waals surface area contributed by atoms with Gasteiger partial charge in [0.2, 0.25) is 0 Å². The number of hydrogen-bond donors (Lipinski definition) is 1. The molecular formula is C22H23Cl2N5O3S. The molecule has 1 fully saturated rings. The van der Waals surface area contributed by atoms with Crippen molar-refractivity contribution < 1.29 is 13.2 Å². The monoisotopic (exact) mass is 507 g/mol. The molecule has 1 N–H and O–H groups in total. The van der Waals surface area contributed by atoms with Crippen LogP contribution >= 0.6 is 23.2 Å². The fourth-order valence-corrected chi connectivity index (χ4v) is 5.38. The molecular weight excluding hydrogens is 485 g/mol. The molecule has 0 saturated carbocycles. The van der Waals surface area contributed by atoms with Gasteiger partial charge in [0.25, 0.3) is 0 Å². The van der Waals surface area contributed by atoms with Gasteiger partial charge in [0.1, 0.15) is 5.82 Å². The summed E-state index contributed by atoms with van der Waals surface area (Å²) in [5.74, 6) is 1.46. The Morgan fingerprint density at radius 2 is 1.88 bits per heavy atom. The zero-order valence-corrected chi connectivity index (χ0v) is 20.5. The number of rotatable bonds is 5. The van der Waals surface area contributed by atoms with Crippen molar-refractivity contribution in [3.63, 3.8) is 0 Å². The van der Waals surface area contributed by atoms with Gasteiger partial charge in [-0.15, -0.1) is 10.2 Å². The maximum Gasteiger partial charge on any atom is 0.322 e. The van der Waals surface area contributed by atoms with E-state index in [1.807, 2.05) is 35.8 Å². The average Bonchev–Trinajstić information content (AvgIpc) is 3.37. The zero-order chi connectivity index (χ0) is 23.8. The van der Waals surface area contributed by atoms with E-state index >= 15 is 0 Å². The Hall–Kier alpha value is -2.62. The van der Waals surface area contributed by atoms with Crippen LogP contribution in [0.4, 0.5) is 10.5 Å². The summed E-state index contributed by atoms with van der Waals surface area (Å²) in [6.07, 6.45) is 2.65. The summed E-state index contributed by atoms with van der Waals surface area (Å²) in [4.78, 5) is 14.8. The van der Waals surface area contributed by atoms with Crippen molar-refractivity contribution in [3.05, 3.63) is 69.7 Å². The lowest BCUT2D eigenvalue weighted by Crippen LogP contribution is -2.35. The fourth-order valence-electron chi connectivity index (χ4n) is 3.95. The first kappa shape index (κ1) is 23.5. The molecule has 8 nitrogen and oxygen atoms in total. The second-order valence-corrected chi connectivity index (χ2v) is 10.8. The molecule has 3 aromatic rings. The number of aromatic nitrogens is 3. The predicted molar refractivity (Wildman–Crippen MR) is 128 cm³/mol. The van der Waals surface area contributed by atoms with Crippen molar-refractivity contribution in [2.24, 2.45) is 0 Å². The highest BCUT2D eigenvalue weighted by Gasteiger charge is 2.34. The first-order valence-electron chi connectivity index (χ1n) is 10.3. The van der Waals surface area contributed by atoms with Crippen molar-refractivity contribution >= 4 is 44.8 Å². The number of nitrogens with zero attached hydrogens (tertiary/aromatic N) is 4. The van der Waals surface area contributed by atoms with Crippen molar-refractivity contribution in [1.82, 2.24) is 19.7 Å². The number of nitrogens with one attached hydrogen (secondary N) is 1. The lowest BCUT2D eigenvalue weighted by atomic mass is 10.2. The van der Waals surface area contributed by atoms with Crippen LogP contribution in [0.5, 0.6) is 0 Å². The van der Waals surface area contributed by atoms with Gasteiger partial charge >= 0.3 is 6.03 Å². The molecule has 1 aliphatic rings. The number of amides is 2. The molecule has 2 amide bonds. The normalized spacial score (nSPS) is 16.2. The summed E-state index contributed by atoms with van der Waals surface area (Å²) in [7, 11) is -3.53. The lowest BCUT2D eigenvalue weighted by Gasteiger charge is -2.25. The van der Waals surface area contributed by atoms with Crippen LogP contribution in [0.2, 0.25) is 10.0 Å². The fraction of sp³-hybridized carbons (Fsp3) is 0.318. The number of likely N-dealkylation sites (tertiary alicyclic amines) is 1. The summed E-state index contributed by atoms with van der Waals surface area (Å²) in [6, 6.07) is 11.4. The third-order valence-electron chi connectivity index (χ3n) is 5.61. The van der Waals surface area contributed by atoms with Crippen LogP contribution in [0.3, 0.4) is 0 Å². The van der Waals surface area contributed by atoms with E-state index in [2.05, 4.69) is 15.5 Å². The van der Waals surface area contributed by atoms with E-state index in [0.29, 0.717) is 29.6 Å². The smallest absolute Gasteiger partial charge is 0.314 e. The van der Waals surface area contributed by atoms with E-state index in [0.717, 1.165) is 30.5 Å². The van der Waals surface area contributed by atoms with Crippen LogP contribution in [-0.4, -0.2) is 46.9 Å². The van der Waals surface area contributed by atoms with Crippen molar-refractivity contribution in [3.8, 4) is 0 Å². The van der Waals surface area contributed by atoms with Gasteiger partial charge in [-0.3, -0.25) is 0 Å². The Kier molecular flexibility index (Phi) is 6.65. The van der Waals surface area contributed by atoms with Crippen molar-refractivity contribution in [1.29, 1.82) is 0 Å². The first-order chi connectivity index (χ1) is 15.6. The van der Waals surface area contributed by atoms with Gasteiger partial charge in [0, 0.05) is 23.5 Å². The SMILES string of the molecule is Cc1nnc([C@H]2CCCN2C(=O)Nc2ccc(Cl)c(S(C)(=O)=O)c2)n1Cc1ccc(Cl)cc1. The number of carbonyl (C=O) groups excluding carboxylic acids is 1. The quantitative estimate of drug-likeness (QED) is 0.538. The van der Waals surface area contributed by atoms with Crippen LogP contribution in [-0.2, 0) is 16.4 Å². The molecule has 0 spiro atoms. The number of sulfone groups is 1. The Labute approximate surface area is 202 Å². The molecule has 174 valence electrons. The third kappa shape index (κ3) is 5.15. The molecule has 4 rings (SSSR count). The van der Waals surface area contributed by atoms with E-state index in [1.165, 1.54) is 12.1 Å². The molecule has 11 heteroatoms. The zero-order valence-electron chi connectivity index (χ0n) is 18.1. The second kappa shape index (κ2) is 9.32. The van der Waals surface area contributed by atoms with Crippen molar-refractivity contribution in [2.45, 2.75) is 37.2 Å². The minimum Gasteiger partial charge on any atom is -0.314 e. The maximum absolute atomic E-state index is 13.1. The third-order valence-corrected chi connectivity index (χ3v) is 7.44. The highest BCUT2D eigenvalue weighted by molar-refractivity contribution is 7.90. The minimum absolute atomic E-state index is 0.0294. The van der Waals surface area contributed by atoms with E-state index in [1.54, 1.807) is 11.0 Å². The van der Waals surface area contributed by atoms with Crippen LogP contribution in [0.15, 0.2) is 47.4 Å². The van der Waals surface area contributed by atoms with Crippen LogP contribution < -0.4 is 5.32 Å². The molecule has 0 bridgehead atoms. The van der Waals surface area contributed by atoms with Crippen LogP contribution in [0, 0.1) is 6.92 Å². The molecule has 0 aliphatic carbocycles. The number of urea groups is 1. The molecule has 2 aromatic carbocycles. The van der Waals surface area contributed by atoms with E-state index in [4.69, 9.17) is 23.2 Å². The van der Waals surface area contributed by atoms with Crippen LogP contribution in [0.1, 0.15) is 36.1 Å². The largest absolute Gasteiger partial charge is 0.322 e. The highest BCUT2D eigenvalue weighted by atomic mass is 35.5. The Morgan fingerprint density at radius 3 is 2.58 bits per heavy atom.